The van der Waals surface area contributed by atoms with Crippen LogP contribution in [-0.2, 0) is 9.63 Å². The molecule has 0 saturated heterocycles. The minimum atomic E-state index is -0.0643. The van der Waals surface area contributed by atoms with E-state index in [0.29, 0.717) is 19.5 Å². The molecule has 3 rings (SSSR count). The Morgan fingerprint density at radius 2 is 2.04 bits per heavy atom. The number of hydrogen-bond donors (Lipinski definition) is 0. The highest BCUT2D eigenvalue weighted by Gasteiger charge is 2.26. The minimum Gasteiger partial charge on any atom is -0.390 e. The number of rotatable bonds is 8. The first-order valence-electron chi connectivity index (χ1n) is 9.43. The maximum atomic E-state index is 12.6. The van der Waals surface area contributed by atoms with Crippen molar-refractivity contribution >= 4 is 11.6 Å². The molecule has 1 amide bonds. The Hall–Kier alpha value is -2.10. The van der Waals surface area contributed by atoms with Gasteiger partial charge in [0.25, 0.3) is 0 Å². The van der Waals surface area contributed by atoms with Crippen LogP contribution in [0.3, 0.4) is 0 Å². The van der Waals surface area contributed by atoms with Gasteiger partial charge in [-0.05, 0) is 17.9 Å². The lowest BCUT2D eigenvalue weighted by molar-refractivity contribution is -0.132. The van der Waals surface area contributed by atoms with Crippen molar-refractivity contribution in [2.24, 2.45) is 11.1 Å². The van der Waals surface area contributed by atoms with Crippen LogP contribution in [0.25, 0.3) is 0 Å². The molecule has 4 nitrogen and oxygen atoms in total. The smallest absolute Gasteiger partial charge is 0.222 e. The van der Waals surface area contributed by atoms with Gasteiger partial charge in [-0.2, -0.15) is 0 Å². The molecule has 1 saturated carbocycles. The summed E-state index contributed by atoms with van der Waals surface area (Å²) < 4.78 is 0. The van der Waals surface area contributed by atoms with E-state index in [2.05, 4.69) is 11.7 Å². The number of hydrogen-bond acceptors (Lipinski definition) is 3. The molecule has 1 heterocycles. The van der Waals surface area contributed by atoms with Crippen molar-refractivity contribution in [2.75, 3.05) is 13.1 Å². The third-order valence-corrected chi connectivity index (χ3v) is 5.21. The fourth-order valence-corrected chi connectivity index (χ4v) is 3.79. The van der Waals surface area contributed by atoms with Gasteiger partial charge < -0.3 is 9.74 Å². The Bertz CT molecular complexity index is 606. The van der Waals surface area contributed by atoms with E-state index >= 15 is 0 Å². The second-order valence-electron chi connectivity index (χ2n) is 7.11. The van der Waals surface area contributed by atoms with Crippen molar-refractivity contribution in [1.82, 2.24) is 4.90 Å². The second-order valence-corrected chi connectivity index (χ2v) is 7.11. The monoisotopic (exact) mass is 340 g/mol. The standard InChI is InChI=1S/C21H28N2O2/c1-2-14-23(21(24)13-12-17-8-6-7-9-17)16-19-15-20(22-25-19)18-10-4-3-5-11-18/h2-5,10-11,17,19H,1,6-9,12-16H2. The first kappa shape index (κ1) is 17.7. The zero-order valence-corrected chi connectivity index (χ0v) is 14.9. The molecule has 1 aromatic carbocycles. The summed E-state index contributed by atoms with van der Waals surface area (Å²) in [5, 5.41) is 4.22. The van der Waals surface area contributed by atoms with Crippen molar-refractivity contribution in [1.29, 1.82) is 0 Å². The van der Waals surface area contributed by atoms with E-state index in [-0.39, 0.29) is 12.0 Å². The first-order chi connectivity index (χ1) is 12.3. The highest BCUT2D eigenvalue weighted by Crippen LogP contribution is 2.28. The Balaban J connectivity index is 1.50. The zero-order valence-electron chi connectivity index (χ0n) is 14.9. The zero-order chi connectivity index (χ0) is 17.5. The number of amides is 1. The normalized spacial score (nSPS) is 20.2. The fraction of sp³-hybridized carbons (Fsp3) is 0.524. The maximum absolute atomic E-state index is 12.6. The van der Waals surface area contributed by atoms with Gasteiger partial charge in [0.05, 0.1) is 12.3 Å². The van der Waals surface area contributed by atoms with Gasteiger partial charge in [-0.3, -0.25) is 4.79 Å². The van der Waals surface area contributed by atoms with Crippen LogP contribution < -0.4 is 0 Å². The molecule has 0 spiro atoms. The summed E-state index contributed by atoms with van der Waals surface area (Å²) in [6, 6.07) is 10.1. The SMILES string of the molecule is C=CCN(CC1CC(c2ccccc2)=NO1)C(=O)CCC1CCCC1. The predicted octanol–water partition coefficient (Wildman–Crippen LogP) is 4.16. The maximum Gasteiger partial charge on any atom is 0.222 e. The van der Waals surface area contributed by atoms with Crippen LogP contribution in [-0.4, -0.2) is 35.7 Å². The topological polar surface area (TPSA) is 41.9 Å². The summed E-state index contributed by atoms with van der Waals surface area (Å²) in [6.45, 7) is 4.95. The minimum absolute atomic E-state index is 0.0643. The molecular weight excluding hydrogens is 312 g/mol. The van der Waals surface area contributed by atoms with Crippen molar-refractivity contribution in [2.45, 2.75) is 51.0 Å². The molecule has 1 aliphatic heterocycles. The van der Waals surface area contributed by atoms with E-state index in [1.54, 1.807) is 6.08 Å². The number of carbonyl (C=O) groups excluding carboxylic acids is 1. The highest BCUT2D eigenvalue weighted by atomic mass is 16.6. The lowest BCUT2D eigenvalue weighted by atomic mass is 10.0. The average Bonchev–Trinajstić information content (AvgIpc) is 3.32. The summed E-state index contributed by atoms with van der Waals surface area (Å²) in [7, 11) is 0. The molecular formula is C21H28N2O2. The lowest BCUT2D eigenvalue weighted by Crippen LogP contribution is -2.37. The summed E-state index contributed by atoms with van der Waals surface area (Å²) in [6.07, 6.45) is 9.35. The van der Waals surface area contributed by atoms with Gasteiger partial charge in [0, 0.05) is 19.4 Å². The predicted molar refractivity (Wildman–Crippen MR) is 100 cm³/mol. The average molecular weight is 340 g/mol. The van der Waals surface area contributed by atoms with Gasteiger partial charge in [-0.1, -0.05) is 67.2 Å². The van der Waals surface area contributed by atoms with Crippen molar-refractivity contribution in [3.05, 3.63) is 48.6 Å². The van der Waals surface area contributed by atoms with Gasteiger partial charge in [0.1, 0.15) is 0 Å². The van der Waals surface area contributed by atoms with E-state index in [1.807, 2.05) is 35.2 Å². The van der Waals surface area contributed by atoms with Crippen LogP contribution in [0.1, 0.15) is 50.5 Å². The van der Waals surface area contributed by atoms with Crippen LogP contribution >= 0.6 is 0 Å². The molecule has 4 heteroatoms. The molecule has 0 N–H and O–H groups in total. The van der Waals surface area contributed by atoms with Crippen LogP contribution in [0.15, 0.2) is 48.1 Å². The summed E-state index contributed by atoms with van der Waals surface area (Å²) in [5.41, 5.74) is 2.05. The van der Waals surface area contributed by atoms with Gasteiger partial charge >= 0.3 is 0 Å². The number of oxime groups is 1. The Morgan fingerprint density at radius 1 is 1.28 bits per heavy atom. The molecule has 1 aliphatic carbocycles. The van der Waals surface area contributed by atoms with Crippen LogP contribution in [0, 0.1) is 5.92 Å². The Morgan fingerprint density at radius 3 is 2.76 bits per heavy atom. The van der Waals surface area contributed by atoms with E-state index in [1.165, 1.54) is 25.7 Å². The molecule has 2 aliphatic rings. The van der Waals surface area contributed by atoms with E-state index in [0.717, 1.165) is 30.0 Å². The van der Waals surface area contributed by atoms with Gasteiger partial charge in [0.2, 0.25) is 5.91 Å². The van der Waals surface area contributed by atoms with Crippen molar-refractivity contribution in [3.63, 3.8) is 0 Å². The fourth-order valence-electron chi connectivity index (χ4n) is 3.79. The number of benzene rings is 1. The third-order valence-electron chi connectivity index (χ3n) is 5.21. The Kier molecular flexibility index (Phi) is 6.26. The number of nitrogens with zero attached hydrogens (tertiary/aromatic N) is 2. The molecule has 1 unspecified atom stereocenters. The summed E-state index contributed by atoms with van der Waals surface area (Å²) >= 11 is 0. The van der Waals surface area contributed by atoms with E-state index < -0.39 is 0 Å². The largest absolute Gasteiger partial charge is 0.390 e. The number of carbonyl (C=O) groups is 1. The van der Waals surface area contributed by atoms with Gasteiger partial charge in [-0.25, -0.2) is 0 Å². The van der Waals surface area contributed by atoms with Crippen LogP contribution in [0.2, 0.25) is 0 Å². The third kappa shape index (κ3) is 4.94. The summed E-state index contributed by atoms with van der Waals surface area (Å²) in [4.78, 5) is 20.1. The molecule has 1 atom stereocenters. The van der Waals surface area contributed by atoms with Crippen LogP contribution in [0.4, 0.5) is 0 Å². The first-order valence-corrected chi connectivity index (χ1v) is 9.43. The lowest BCUT2D eigenvalue weighted by Gasteiger charge is -2.24. The molecule has 0 aromatic heterocycles. The van der Waals surface area contributed by atoms with Crippen molar-refractivity contribution in [3.8, 4) is 0 Å². The van der Waals surface area contributed by atoms with Gasteiger partial charge in [0.15, 0.2) is 6.10 Å². The molecule has 0 radical (unpaired) electrons. The van der Waals surface area contributed by atoms with Gasteiger partial charge in [-0.15, -0.1) is 6.58 Å². The quantitative estimate of drug-likeness (QED) is 0.667. The molecule has 134 valence electrons. The van der Waals surface area contributed by atoms with E-state index in [9.17, 15) is 4.79 Å². The highest BCUT2D eigenvalue weighted by molar-refractivity contribution is 6.01. The second kappa shape index (κ2) is 8.84. The molecule has 25 heavy (non-hydrogen) atoms. The Labute approximate surface area is 150 Å². The van der Waals surface area contributed by atoms with Crippen molar-refractivity contribution < 1.29 is 9.63 Å². The van der Waals surface area contributed by atoms with Crippen LogP contribution in [0.5, 0.6) is 0 Å². The molecule has 0 bridgehead atoms. The van der Waals surface area contributed by atoms with E-state index in [4.69, 9.17) is 4.84 Å². The summed E-state index contributed by atoms with van der Waals surface area (Å²) in [5.74, 6) is 0.953. The molecule has 1 aromatic rings. The molecule has 1 fully saturated rings.